The van der Waals surface area contributed by atoms with Crippen LogP contribution >= 0.6 is 0 Å². The standard InChI is InChI=1S/C20H26O4/c1-22-13-24-18-10-17(21)19-15-7-8-16(9-15)20(18,19)12-23-11-14-5-3-2-4-6-14/h2-8,15-19,21H,9-13H2,1H3/t15-,16+,17+,18+,19+,20-/m0/s1. The molecule has 4 heteroatoms. The van der Waals surface area contributed by atoms with Crippen molar-refractivity contribution in [3.05, 3.63) is 48.0 Å². The Labute approximate surface area is 143 Å². The van der Waals surface area contributed by atoms with Crippen molar-refractivity contribution in [2.75, 3.05) is 20.5 Å². The summed E-state index contributed by atoms with van der Waals surface area (Å²) in [4.78, 5) is 0. The molecule has 24 heavy (non-hydrogen) atoms. The molecule has 2 saturated carbocycles. The highest BCUT2D eigenvalue weighted by Crippen LogP contribution is 2.64. The molecule has 0 saturated heterocycles. The van der Waals surface area contributed by atoms with Crippen molar-refractivity contribution in [1.29, 1.82) is 0 Å². The molecule has 0 radical (unpaired) electrons. The van der Waals surface area contributed by atoms with Gasteiger partial charge in [0, 0.05) is 24.9 Å². The quantitative estimate of drug-likeness (QED) is 0.617. The van der Waals surface area contributed by atoms with Crippen LogP contribution in [0.15, 0.2) is 42.5 Å². The predicted octanol–water partition coefficient (Wildman–Crippen LogP) is 2.77. The van der Waals surface area contributed by atoms with Crippen LogP contribution in [0.1, 0.15) is 18.4 Å². The van der Waals surface area contributed by atoms with Gasteiger partial charge in [0.05, 0.1) is 25.4 Å². The first-order valence-corrected chi connectivity index (χ1v) is 8.84. The lowest BCUT2D eigenvalue weighted by atomic mass is 9.69. The Balaban J connectivity index is 1.52. The van der Waals surface area contributed by atoms with Gasteiger partial charge in [-0.05, 0) is 23.8 Å². The van der Waals surface area contributed by atoms with Crippen molar-refractivity contribution in [3.8, 4) is 0 Å². The van der Waals surface area contributed by atoms with Gasteiger partial charge in [0.2, 0.25) is 0 Å². The third kappa shape index (κ3) is 2.53. The fourth-order valence-electron chi connectivity index (χ4n) is 5.31. The van der Waals surface area contributed by atoms with Crippen molar-refractivity contribution in [2.24, 2.45) is 23.2 Å². The van der Waals surface area contributed by atoms with E-state index in [0.717, 1.165) is 6.42 Å². The molecule has 1 aromatic rings. The molecule has 0 unspecified atom stereocenters. The molecular weight excluding hydrogens is 304 g/mol. The van der Waals surface area contributed by atoms with Crippen LogP contribution < -0.4 is 0 Å². The van der Waals surface area contributed by atoms with E-state index >= 15 is 0 Å². The van der Waals surface area contributed by atoms with Gasteiger partial charge in [-0.2, -0.15) is 0 Å². The van der Waals surface area contributed by atoms with Gasteiger partial charge in [0.1, 0.15) is 6.79 Å². The number of aliphatic hydroxyl groups excluding tert-OH is 1. The zero-order valence-corrected chi connectivity index (χ0v) is 14.1. The lowest BCUT2D eigenvalue weighted by Crippen LogP contribution is -2.45. The van der Waals surface area contributed by atoms with Crippen LogP contribution in [-0.2, 0) is 20.8 Å². The highest BCUT2D eigenvalue weighted by atomic mass is 16.7. The number of allylic oxidation sites excluding steroid dienone is 2. The molecule has 6 atom stereocenters. The second-order valence-electron chi connectivity index (χ2n) is 7.37. The summed E-state index contributed by atoms with van der Waals surface area (Å²) in [6.45, 7) is 1.50. The van der Waals surface area contributed by atoms with Gasteiger partial charge < -0.3 is 19.3 Å². The van der Waals surface area contributed by atoms with Crippen LogP contribution in [0, 0.1) is 23.2 Å². The van der Waals surface area contributed by atoms with E-state index in [2.05, 4.69) is 24.3 Å². The fraction of sp³-hybridized carbons (Fsp3) is 0.600. The Morgan fingerprint density at radius 3 is 2.79 bits per heavy atom. The van der Waals surface area contributed by atoms with Crippen LogP contribution in [0.25, 0.3) is 0 Å². The Morgan fingerprint density at radius 1 is 1.17 bits per heavy atom. The van der Waals surface area contributed by atoms with E-state index in [9.17, 15) is 5.11 Å². The normalized spacial score (nSPS) is 39.5. The first-order chi connectivity index (χ1) is 11.8. The Kier molecular flexibility index (Phi) is 4.48. The van der Waals surface area contributed by atoms with Crippen LogP contribution in [0.4, 0.5) is 0 Å². The molecular formula is C20H26O4. The number of hydrogen-bond donors (Lipinski definition) is 1. The summed E-state index contributed by atoms with van der Waals surface area (Å²) in [5.41, 5.74) is 1.06. The Morgan fingerprint density at radius 2 is 2.00 bits per heavy atom. The summed E-state index contributed by atoms with van der Waals surface area (Å²) in [5.74, 6) is 1.13. The molecule has 4 rings (SSSR count). The molecule has 0 spiro atoms. The zero-order chi connectivity index (χ0) is 16.6. The van der Waals surface area contributed by atoms with Gasteiger partial charge in [-0.3, -0.25) is 0 Å². The van der Waals surface area contributed by atoms with Crippen molar-refractivity contribution in [2.45, 2.75) is 31.7 Å². The number of aliphatic hydroxyl groups is 1. The SMILES string of the molecule is COCO[C@@H]1C[C@@H](O)[C@H]2[C@H]3C=C[C@H](C3)[C@]21COCc1ccccc1. The highest BCUT2D eigenvalue weighted by Gasteiger charge is 2.66. The van der Waals surface area contributed by atoms with Crippen LogP contribution in [-0.4, -0.2) is 37.8 Å². The average molecular weight is 330 g/mol. The molecule has 0 heterocycles. The fourth-order valence-corrected chi connectivity index (χ4v) is 5.31. The van der Waals surface area contributed by atoms with Gasteiger partial charge in [-0.25, -0.2) is 0 Å². The second kappa shape index (κ2) is 6.60. The maximum absolute atomic E-state index is 10.7. The summed E-state index contributed by atoms with van der Waals surface area (Å²) in [6.07, 6.45) is 6.07. The minimum atomic E-state index is -0.313. The number of benzene rings is 1. The third-order valence-electron chi connectivity index (χ3n) is 6.21. The van der Waals surface area contributed by atoms with E-state index in [1.54, 1.807) is 7.11 Å². The summed E-state index contributed by atoms with van der Waals surface area (Å²) in [5, 5.41) is 10.7. The largest absolute Gasteiger partial charge is 0.393 e. The smallest absolute Gasteiger partial charge is 0.146 e. The van der Waals surface area contributed by atoms with E-state index in [-0.39, 0.29) is 30.3 Å². The summed E-state index contributed by atoms with van der Waals surface area (Å²) < 4.78 is 17.3. The van der Waals surface area contributed by atoms with E-state index in [1.165, 1.54) is 5.56 Å². The number of hydrogen-bond acceptors (Lipinski definition) is 4. The van der Waals surface area contributed by atoms with Gasteiger partial charge in [-0.1, -0.05) is 42.5 Å². The Hall–Kier alpha value is -1.20. The lowest BCUT2D eigenvalue weighted by Gasteiger charge is -2.41. The van der Waals surface area contributed by atoms with Gasteiger partial charge >= 0.3 is 0 Å². The molecule has 1 aromatic carbocycles. The second-order valence-corrected chi connectivity index (χ2v) is 7.37. The van der Waals surface area contributed by atoms with E-state index < -0.39 is 0 Å². The first-order valence-electron chi connectivity index (χ1n) is 8.84. The molecule has 2 fully saturated rings. The zero-order valence-electron chi connectivity index (χ0n) is 14.1. The molecule has 3 aliphatic carbocycles. The minimum absolute atomic E-state index is 0.00632. The van der Waals surface area contributed by atoms with Crippen LogP contribution in [0.5, 0.6) is 0 Å². The first kappa shape index (κ1) is 16.3. The minimum Gasteiger partial charge on any atom is -0.393 e. The van der Waals surface area contributed by atoms with Gasteiger partial charge in [0.25, 0.3) is 0 Å². The molecule has 0 amide bonds. The van der Waals surface area contributed by atoms with Crippen molar-refractivity contribution in [1.82, 2.24) is 0 Å². The van der Waals surface area contributed by atoms with E-state index in [4.69, 9.17) is 14.2 Å². The maximum Gasteiger partial charge on any atom is 0.146 e. The Bertz CT molecular complexity index is 587. The van der Waals surface area contributed by atoms with Gasteiger partial charge in [-0.15, -0.1) is 0 Å². The number of rotatable bonds is 7. The van der Waals surface area contributed by atoms with E-state index in [0.29, 0.717) is 31.5 Å². The summed E-state index contributed by atoms with van der Waals surface area (Å²) in [7, 11) is 1.64. The summed E-state index contributed by atoms with van der Waals surface area (Å²) >= 11 is 0. The van der Waals surface area contributed by atoms with Crippen LogP contribution in [0.3, 0.4) is 0 Å². The molecule has 0 aliphatic heterocycles. The molecule has 130 valence electrons. The average Bonchev–Trinajstić information content (AvgIpc) is 3.26. The van der Waals surface area contributed by atoms with Gasteiger partial charge in [0.15, 0.2) is 0 Å². The third-order valence-corrected chi connectivity index (χ3v) is 6.21. The molecule has 0 aromatic heterocycles. The molecule has 1 N–H and O–H groups in total. The number of ether oxygens (including phenoxy) is 3. The maximum atomic E-state index is 10.7. The molecule has 2 bridgehead atoms. The summed E-state index contributed by atoms with van der Waals surface area (Å²) in [6, 6.07) is 10.2. The van der Waals surface area contributed by atoms with Crippen LogP contribution in [0.2, 0.25) is 0 Å². The number of fused-ring (bicyclic) bond motifs is 5. The molecule has 4 nitrogen and oxygen atoms in total. The number of methoxy groups -OCH3 is 1. The lowest BCUT2D eigenvalue weighted by molar-refractivity contribution is -0.142. The highest BCUT2D eigenvalue weighted by molar-refractivity contribution is 5.25. The van der Waals surface area contributed by atoms with Crippen molar-refractivity contribution < 1.29 is 19.3 Å². The monoisotopic (exact) mass is 330 g/mol. The predicted molar refractivity (Wildman–Crippen MR) is 90.1 cm³/mol. The van der Waals surface area contributed by atoms with E-state index in [1.807, 2.05) is 18.2 Å². The molecule has 3 aliphatic rings. The van der Waals surface area contributed by atoms with Crippen molar-refractivity contribution in [3.63, 3.8) is 0 Å². The topological polar surface area (TPSA) is 47.9 Å². The van der Waals surface area contributed by atoms with Crippen molar-refractivity contribution >= 4 is 0 Å².